The number of allylic oxidation sites excluding steroid dienone is 1. The smallest absolute Gasteiger partial charge is 0.271 e. The number of halogens is 1. The summed E-state index contributed by atoms with van der Waals surface area (Å²) in [5, 5.41) is 14.6. The third-order valence-electron chi connectivity index (χ3n) is 5.02. The van der Waals surface area contributed by atoms with Crippen LogP contribution in [0, 0.1) is 15.9 Å². The summed E-state index contributed by atoms with van der Waals surface area (Å²) in [5.41, 5.74) is 4.85. The van der Waals surface area contributed by atoms with Gasteiger partial charge >= 0.3 is 0 Å². The van der Waals surface area contributed by atoms with E-state index in [9.17, 15) is 19.3 Å². The zero-order valence-corrected chi connectivity index (χ0v) is 16.6. The number of amides is 1. The molecule has 2 aromatic carbocycles. The third-order valence-corrected chi connectivity index (χ3v) is 5.02. The van der Waals surface area contributed by atoms with Crippen LogP contribution in [-0.4, -0.2) is 29.6 Å². The van der Waals surface area contributed by atoms with E-state index in [2.05, 4.69) is 30.5 Å². The van der Waals surface area contributed by atoms with Crippen LogP contribution in [0.15, 0.2) is 47.6 Å². The van der Waals surface area contributed by atoms with Crippen molar-refractivity contribution < 1.29 is 14.1 Å². The van der Waals surface area contributed by atoms with Gasteiger partial charge in [-0.05, 0) is 44.5 Å². The molecule has 8 heteroatoms. The second kappa shape index (κ2) is 7.46. The summed E-state index contributed by atoms with van der Waals surface area (Å²) in [4.78, 5) is 24.4. The Balaban J connectivity index is 1.82. The Morgan fingerprint density at radius 2 is 2.03 bits per heavy atom. The molecule has 1 N–H and O–H groups in total. The quantitative estimate of drug-likeness (QED) is 0.478. The molecule has 0 saturated carbocycles. The van der Waals surface area contributed by atoms with Crippen molar-refractivity contribution in [1.82, 2.24) is 5.43 Å². The molecule has 0 aliphatic carbocycles. The van der Waals surface area contributed by atoms with E-state index in [0.717, 1.165) is 22.9 Å². The fourth-order valence-corrected chi connectivity index (χ4v) is 3.27. The lowest BCUT2D eigenvalue weighted by molar-refractivity contribution is -0.384. The topological polar surface area (TPSA) is 87.8 Å². The van der Waals surface area contributed by atoms with E-state index < -0.39 is 16.6 Å². The summed E-state index contributed by atoms with van der Waals surface area (Å²) in [5.74, 6) is -1.09. The number of rotatable bonds is 4. The Kier molecular flexibility index (Phi) is 5.19. The number of non-ortho nitro benzene ring substituents is 1. The average Bonchev–Trinajstić information content (AvgIpc) is 2.66. The zero-order chi connectivity index (χ0) is 21.3. The molecule has 3 rings (SSSR count). The Morgan fingerprint density at radius 3 is 2.72 bits per heavy atom. The first-order chi connectivity index (χ1) is 13.6. The number of carbonyl (C=O) groups excluding carboxylic acids is 1. The number of carbonyl (C=O) groups is 1. The standard InChI is InChI=1S/C21H21FN4O3/c1-13-11-21(2,3)25(4)19-10-18(22)15(9-17(13)19)12-23-24-20(27)14-6-5-7-16(8-14)26(28)29/h5-12H,1-4H3,(H,24,27)/b23-12-. The van der Waals surface area contributed by atoms with Crippen LogP contribution in [0.2, 0.25) is 0 Å². The molecule has 150 valence electrons. The molecule has 1 heterocycles. The highest BCUT2D eigenvalue weighted by atomic mass is 19.1. The minimum Gasteiger partial charge on any atom is -0.365 e. The largest absolute Gasteiger partial charge is 0.365 e. The lowest BCUT2D eigenvalue weighted by Gasteiger charge is -2.40. The number of nitrogens with one attached hydrogen (secondary N) is 1. The Hall–Kier alpha value is -3.55. The van der Waals surface area contributed by atoms with Gasteiger partial charge < -0.3 is 4.90 Å². The average molecular weight is 396 g/mol. The number of anilines is 1. The fourth-order valence-electron chi connectivity index (χ4n) is 3.27. The summed E-state index contributed by atoms with van der Waals surface area (Å²) in [6.07, 6.45) is 3.33. The number of nitro groups is 1. The van der Waals surface area contributed by atoms with Crippen molar-refractivity contribution >= 4 is 29.1 Å². The lowest BCUT2D eigenvalue weighted by atomic mass is 9.88. The monoisotopic (exact) mass is 396 g/mol. The van der Waals surface area contributed by atoms with Crippen molar-refractivity contribution in [3.05, 3.63) is 75.1 Å². The highest BCUT2D eigenvalue weighted by molar-refractivity contribution is 5.95. The highest BCUT2D eigenvalue weighted by Gasteiger charge is 2.29. The van der Waals surface area contributed by atoms with Gasteiger partial charge in [-0.1, -0.05) is 12.1 Å². The van der Waals surface area contributed by atoms with E-state index in [4.69, 9.17) is 0 Å². The van der Waals surface area contributed by atoms with Crippen LogP contribution in [0.3, 0.4) is 0 Å². The van der Waals surface area contributed by atoms with Gasteiger partial charge in [0.1, 0.15) is 5.82 Å². The van der Waals surface area contributed by atoms with Gasteiger partial charge in [0.05, 0.1) is 16.7 Å². The SMILES string of the molecule is CC1=CC(C)(C)N(C)c2cc(F)c(/C=N\NC(=O)c3cccc([N+](=O)[O-])c3)cc21. The number of likely N-dealkylation sites (N-methyl/N-ethyl adjacent to an activating group) is 1. The van der Waals surface area contributed by atoms with E-state index in [1.165, 1.54) is 30.5 Å². The van der Waals surface area contributed by atoms with E-state index in [1.807, 2.05) is 18.9 Å². The molecule has 0 spiro atoms. The molecule has 0 saturated heterocycles. The normalized spacial score (nSPS) is 15.1. The summed E-state index contributed by atoms with van der Waals surface area (Å²) < 4.78 is 14.6. The molecule has 29 heavy (non-hydrogen) atoms. The molecule has 1 aliphatic heterocycles. The van der Waals surface area contributed by atoms with Crippen molar-refractivity contribution in [3.8, 4) is 0 Å². The molecule has 7 nitrogen and oxygen atoms in total. The van der Waals surface area contributed by atoms with Gasteiger partial charge in [0.25, 0.3) is 11.6 Å². The molecule has 0 unspecified atom stereocenters. The summed E-state index contributed by atoms with van der Waals surface area (Å²) in [6.45, 7) is 6.07. The molecule has 1 aliphatic rings. The van der Waals surface area contributed by atoms with Crippen LogP contribution < -0.4 is 10.3 Å². The van der Waals surface area contributed by atoms with Crippen molar-refractivity contribution in [2.45, 2.75) is 26.3 Å². The van der Waals surface area contributed by atoms with Crippen LogP contribution in [0.1, 0.15) is 42.3 Å². The van der Waals surface area contributed by atoms with Crippen LogP contribution in [0.4, 0.5) is 15.8 Å². The molecular weight excluding hydrogens is 375 g/mol. The van der Waals surface area contributed by atoms with Crippen molar-refractivity contribution in [2.75, 3.05) is 11.9 Å². The van der Waals surface area contributed by atoms with Crippen molar-refractivity contribution in [1.29, 1.82) is 0 Å². The molecule has 0 atom stereocenters. The third kappa shape index (κ3) is 4.01. The Morgan fingerprint density at radius 1 is 1.31 bits per heavy atom. The van der Waals surface area contributed by atoms with Gasteiger partial charge in [0.2, 0.25) is 0 Å². The van der Waals surface area contributed by atoms with Crippen molar-refractivity contribution in [3.63, 3.8) is 0 Å². The molecule has 0 radical (unpaired) electrons. The molecule has 2 aromatic rings. The van der Waals surface area contributed by atoms with Crippen LogP contribution >= 0.6 is 0 Å². The minimum atomic E-state index is -0.624. The van der Waals surface area contributed by atoms with Gasteiger partial charge in [-0.25, -0.2) is 9.82 Å². The molecule has 0 bridgehead atoms. The van der Waals surface area contributed by atoms with Crippen LogP contribution in [-0.2, 0) is 0 Å². The number of hydrogen-bond acceptors (Lipinski definition) is 5. The van der Waals surface area contributed by atoms with E-state index in [-0.39, 0.29) is 22.4 Å². The summed E-state index contributed by atoms with van der Waals surface area (Å²) >= 11 is 0. The second-order valence-electron chi connectivity index (χ2n) is 7.44. The van der Waals surface area contributed by atoms with Gasteiger partial charge in [-0.15, -0.1) is 0 Å². The first-order valence-electron chi connectivity index (χ1n) is 8.95. The zero-order valence-electron chi connectivity index (χ0n) is 16.6. The highest BCUT2D eigenvalue weighted by Crippen LogP contribution is 2.38. The predicted octanol–water partition coefficient (Wildman–Crippen LogP) is 4.13. The Labute approximate surface area is 167 Å². The number of hydrogen-bond donors (Lipinski definition) is 1. The number of fused-ring (bicyclic) bond motifs is 1. The number of hydrazone groups is 1. The van der Waals surface area contributed by atoms with Gasteiger partial charge in [-0.3, -0.25) is 14.9 Å². The minimum absolute atomic E-state index is 0.0879. The fraction of sp³-hybridized carbons (Fsp3) is 0.238. The summed E-state index contributed by atoms with van der Waals surface area (Å²) in [6, 6.07) is 8.42. The maximum absolute atomic E-state index is 14.6. The molecule has 0 fully saturated rings. The second-order valence-corrected chi connectivity index (χ2v) is 7.44. The predicted molar refractivity (Wildman–Crippen MR) is 111 cm³/mol. The van der Waals surface area contributed by atoms with Crippen molar-refractivity contribution in [2.24, 2.45) is 5.10 Å². The van der Waals surface area contributed by atoms with Crippen LogP contribution in [0.5, 0.6) is 0 Å². The van der Waals surface area contributed by atoms with E-state index in [0.29, 0.717) is 0 Å². The maximum Gasteiger partial charge on any atom is 0.271 e. The van der Waals surface area contributed by atoms with E-state index >= 15 is 0 Å². The van der Waals surface area contributed by atoms with Gasteiger partial charge in [0, 0.05) is 41.6 Å². The van der Waals surface area contributed by atoms with E-state index in [1.54, 1.807) is 6.07 Å². The Bertz CT molecular complexity index is 1060. The maximum atomic E-state index is 14.6. The first kappa shape index (κ1) is 20.2. The van der Waals surface area contributed by atoms with Gasteiger partial charge in [-0.2, -0.15) is 5.10 Å². The number of nitrogens with zero attached hydrogens (tertiary/aromatic N) is 3. The lowest BCUT2D eigenvalue weighted by Crippen LogP contribution is -2.42. The molecular formula is C21H21FN4O3. The van der Waals surface area contributed by atoms with Crippen LogP contribution in [0.25, 0.3) is 5.57 Å². The summed E-state index contributed by atoms with van der Waals surface area (Å²) in [7, 11) is 1.91. The molecule has 0 aromatic heterocycles. The molecule has 1 amide bonds. The number of benzene rings is 2. The first-order valence-corrected chi connectivity index (χ1v) is 8.95. The van der Waals surface area contributed by atoms with Gasteiger partial charge in [0.15, 0.2) is 0 Å². The number of nitro benzene ring substituents is 1.